The van der Waals surface area contributed by atoms with Crippen LogP contribution in [0, 0.1) is 0 Å². The minimum absolute atomic E-state index is 0.0907. The number of hydrogen-bond acceptors (Lipinski definition) is 5. The molecule has 0 aliphatic rings. The Balaban J connectivity index is 5.54. The summed E-state index contributed by atoms with van der Waals surface area (Å²) in [5.74, 6) is -0.734. The summed E-state index contributed by atoms with van der Waals surface area (Å²) in [7, 11) is 2.95. The van der Waals surface area contributed by atoms with Crippen LogP contribution in [0.5, 0.6) is 0 Å². The fourth-order valence-corrected chi connectivity index (χ4v) is 1.32. The van der Waals surface area contributed by atoms with Gasteiger partial charge in [-0.15, -0.1) is 0 Å². The van der Waals surface area contributed by atoms with E-state index in [1.807, 2.05) is 0 Å². The van der Waals surface area contributed by atoms with Crippen LogP contribution in [0.1, 0.15) is 13.8 Å². The number of nitrogens with zero attached hydrogens (tertiary/aromatic N) is 1. The number of primary amides is 1. The lowest BCUT2D eigenvalue weighted by Crippen LogP contribution is -2.42. The van der Waals surface area contributed by atoms with Crippen molar-refractivity contribution in [2.45, 2.75) is 13.8 Å². The third kappa shape index (κ3) is 5.42. The summed E-state index contributed by atoms with van der Waals surface area (Å²) in [6.45, 7) is 2.88. The summed E-state index contributed by atoms with van der Waals surface area (Å²) < 4.78 is 0. The van der Waals surface area contributed by atoms with Crippen molar-refractivity contribution in [2.75, 3.05) is 20.6 Å². The number of nitrogens with two attached hydrogens (primary N) is 1. The first kappa shape index (κ1) is 17.5. The van der Waals surface area contributed by atoms with Gasteiger partial charge < -0.3 is 21.7 Å². The summed E-state index contributed by atoms with van der Waals surface area (Å²) in [5.41, 5.74) is 5.13. The van der Waals surface area contributed by atoms with E-state index in [0.717, 1.165) is 0 Å². The van der Waals surface area contributed by atoms with Crippen LogP contribution < -0.4 is 21.7 Å². The monoisotopic (exact) mass is 283 g/mol. The summed E-state index contributed by atoms with van der Waals surface area (Å²) >= 11 is 0. The quantitative estimate of drug-likeness (QED) is 0.457. The number of nitrogens with one attached hydrogen (secondary N) is 3. The lowest BCUT2D eigenvalue weighted by molar-refractivity contribution is -0.117. The zero-order chi connectivity index (χ0) is 15.7. The van der Waals surface area contributed by atoms with Crippen LogP contribution in [-0.4, -0.2) is 43.3 Å². The molecule has 0 saturated heterocycles. The third-order valence-corrected chi connectivity index (χ3v) is 2.27. The molecule has 0 aromatic rings. The minimum atomic E-state index is -0.614. The van der Waals surface area contributed by atoms with Crippen molar-refractivity contribution < 1.29 is 14.4 Å². The molecule has 0 atom stereocenters. The summed E-state index contributed by atoms with van der Waals surface area (Å²) in [5, 5.41) is 7.88. The number of amides is 3. The molecule has 0 bridgehead atoms. The zero-order valence-corrected chi connectivity index (χ0v) is 12.1. The molecule has 0 spiro atoms. The van der Waals surface area contributed by atoms with Crippen molar-refractivity contribution in [3.63, 3.8) is 0 Å². The zero-order valence-electron chi connectivity index (χ0n) is 12.1. The smallest absolute Gasteiger partial charge is 0.322 e. The average molecular weight is 283 g/mol. The molecule has 0 rings (SSSR count). The summed E-state index contributed by atoms with van der Waals surface area (Å²) in [6.07, 6.45) is 3.26. The van der Waals surface area contributed by atoms with Crippen LogP contribution >= 0.6 is 0 Å². The normalized spacial score (nSPS) is 11.6. The molecule has 8 heteroatoms. The molecule has 0 aromatic carbocycles. The molecular weight excluding hydrogens is 262 g/mol. The van der Waals surface area contributed by atoms with Crippen molar-refractivity contribution in [1.29, 1.82) is 0 Å². The van der Waals surface area contributed by atoms with Crippen molar-refractivity contribution in [1.82, 2.24) is 20.9 Å². The van der Waals surface area contributed by atoms with E-state index in [1.54, 1.807) is 19.2 Å². The average Bonchev–Trinajstić information content (AvgIpc) is 2.39. The number of carbonyl (C=O) groups excluding carboxylic acids is 3. The Morgan fingerprint density at radius 3 is 2.30 bits per heavy atom. The fraction of sp³-hybridized carbons (Fsp3) is 0.417. The maximum absolute atomic E-state index is 11.7. The van der Waals surface area contributed by atoms with E-state index in [2.05, 4.69) is 16.0 Å². The van der Waals surface area contributed by atoms with Crippen molar-refractivity contribution >= 4 is 17.7 Å². The molecule has 0 saturated carbocycles. The second-order valence-electron chi connectivity index (χ2n) is 3.86. The van der Waals surface area contributed by atoms with Crippen LogP contribution in [0.25, 0.3) is 0 Å². The Morgan fingerprint density at radius 2 is 1.90 bits per heavy atom. The lowest BCUT2D eigenvalue weighted by atomic mass is 10.3. The Morgan fingerprint density at radius 1 is 1.30 bits per heavy atom. The van der Waals surface area contributed by atoms with Gasteiger partial charge in [0, 0.05) is 21.0 Å². The van der Waals surface area contributed by atoms with Crippen molar-refractivity contribution in [3.8, 4) is 0 Å². The lowest BCUT2D eigenvalue weighted by Gasteiger charge is -2.23. The summed E-state index contributed by atoms with van der Waals surface area (Å²) in [6, 6.07) is -0.420. The van der Waals surface area contributed by atoms with E-state index in [-0.39, 0.29) is 23.8 Å². The molecule has 0 radical (unpaired) electrons. The van der Waals surface area contributed by atoms with E-state index >= 15 is 0 Å². The Labute approximate surface area is 118 Å². The Kier molecular flexibility index (Phi) is 7.49. The number of urea groups is 1. The maximum Gasteiger partial charge on any atom is 0.322 e. The van der Waals surface area contributed by atoms with Gasteiger partial charge in [-0.2, -0.15) is 0 Å². The van der Waals surface area contributed by atoms with Gasteiger partial charge in [-0.3, -0.25) is 14.5 Å². The van der Waals surface area contributed by atoms with Gasteiger partial charge in [-0.1, -0.05) is 6.08 Å². The number of Topliss-reactive ketones (excluding diaryl/α,β-unsaturated/α-hetero) is 1. The number of rotatable bonds is 7. The van der Waals surface area contributed by atoms with E-state index in [9.17, 15) is 14.4 Å². The molecule has 0 heterocycles. The summed E-state index contributed by atoms with van der Waals surface area (Å²) in [4.78, 5) is 35.4. The molecule has 0 aliphatic heterocycles. The predicted molar refractivity (Wildman–Crippen MR) is 75.1 cm³/mol. The molecule has 5 N–H and O–H groups in total. The maximum atomic E-state index is 11.7. The highest BCUT2D eigenvalue weighted by atomic mass is 16.2. The Bertz CT molecular complexity index is 442. The van der Waals surface area contributed by atoms with Crippen LogP contribution in [0.2, 0.25) is 0 Å². The largest absolute Gasteiger partial charge is 0.370 e. The van der Waals surface area contributed by atoms with Gasteiger partial charge in [0.25, 0.3) is 0 Å². The van der Waals surface area contributed by atoms with Crippen molar-refractivity contribution in [2.24, 2.45) is 5.73 Å². The number of allylic oxidation sites excluding steroid dienone is 2. The van der Waals surface area contributed by atoms with Gasteiger partial charge in [-0.25, -0.2) is 4.79 Å². The van der Waals surface area contributed by atoms with E-state index in [4.69, 9.17) is 5.73 Å². The fourth-order valence-electron chi connectivity index (χ4n) is 1.32. The molecule has 0 aromatic heterocycles. The molecule has 0 aliphatic carbocycles. The topological polar surface area (TPSA) is 117 Å². The minimum Gasteiger partial charge on any atom is -0.370 e. The number of ketones is 1. The van der Waals surface area contributed by atoms with E-state index in [1.165, 1.54) is 25.9 Å². The molecule has 0 unspecified atom stereocenters. The highest BCUT2D eigenvalue weighted by molar-refractivity contribution is 5.94. The predicted octanol–water partition coefficient (Wildman–Crippen LogP) is -0.786. The first-order chi connectivity index (χ1) is 9.34. The highest BCUT2D eigenvalue weighted by Crippen LogP contribution is 2.05. The Hall–Kier alpha value is -2.51. The molecule has 20 heavy (non-hydrogen) atoms. The molecule has 8 nitrogen and oxygen atoms in total. The number of carbonyl (C=O) groups is 3. The second kappa shape index (κ2) is 8.57. The van der Waals surface area contributed by atoms with Crippen LogP contribution in [-0.2, 0) is 9.59 Å². The molecule has 112 valence electrons. The second-order valence-corrected chi connectivity index (χ2v) is 3.86. The van der Waals surface area contributed by atoms with Gasteiger partial charge in [-0.05, 0) is 13.1 Å². The SMILES string of the molecule is C/C=C\N/C(=C(\NCC(N)=O)C(C)=O)N(C)C(=O)NC. The molecule has 0 fully saturated rings. The first-order valence-electron chi connectivity index (χ1n) is 5.95. The van der Waals surface area contributed by atoms with Crippen LogP contribution in [0.15, 0.2) is 23.8 Å². The highest BCUT2D eigenvalue weighted by Gasteiger charge is 2.19. The van der Waals surface area contributed by atoms with Crippen molar-refractivity contribution in [3.05, 3.63) is 23.8 Å². The molecular formula is C12H21N5O3. The van der Waals surface area contributed by atoms with Crippen LogP contribution in [0.4, 0.5) is 4.79 Å². The first-order valence-corrected chi connectivity index (χ1v) is 5.95. The van der Waals surface area contributed by atoms with Gasteiger partial charge in [0.15, 0.2) is 5.78 Å². The van der Waals surface area contributed by atoms with E-state index in [0.29, 0.717) is 0 Å². The van der Waals surface area contributed by atoms with Gasteiger partial charge in [0.1, 0.15) is 11.5 Å². The van der Waals surface area contributed by atoms with Gasteiger partial charge in [0.2, 0.25) is 5.91 Å². The van der Waals surface area contributed by atoms with E-state index < -0.39 is 11.9 Å². The van der Waals surface area contributed by atoms with Crippen LogP contribution in [0.3, 0.4) is 0 Å². The third-order valence-electron chi connectivity index (χ3n) is 2.27. The van der Waals surface area contributed by atoms with Gasteiger partial charge in [0.05, 0.1) is 6.54 Å². The molecule has 3 amide bonds. The standard InChI is InChI=1S/C12H21N5O3/c1-5-6-15-11(17(4)12(20)14-3)10(8(2)18)16-7-9(13)19/h5-6,15-16H,7H2,1-4H3,(H2,13,19)(H,14,20)/b6-5-,11-10+. The van der Waals surface area contributed by atoms with Gasteiger partial charge >= 0.3 is 6.03 Å². The number of hydrogen-bond donors (Lipinski definition) is 4.